The van der Waals surface area contributed by atoms with Crippen molar-refractivity contribution in [3.05, 3.63) is 33.3 Å². The van der Waals surface area contributed by atoms with Gasteiger partial charge in [-0.05, 0) is 53.4 Å². The highest BCUT2D eigenvalue weighted by Crippen LogP contribution is 2.21. The Bertz CT molecular complexity index is 507. The van der Waals surface area contributed by atoms with E-state index in [1.54, 1.807) is 18.2 Å². The molecule has 102 valence electrons. The first-order chi connectivity index (χ1) is 9.08. The monoisotopic (exact) mass is 344 g/mol. The van der Waals surface area contributed by atoms with Crippen LogP contribution in [0.4, 0.5) is 0 Å². The number of nitrogens with one attached hydrogen (secondary N) is 2. The van der Waals surface area contributed by atoms with Crippen molar-refractivity contribution in [1.82, 2.24) is 10.6 Å². The number of hydrogen-bond acceptors (Lipinski definition) is 2. The third kappa shape index (κ3) is 3.70. The van der Waals surface area contributed by atoms with Crippen molar-refractivity contribution >= 4 is 39.3 Å². The summed E-state index contributed by atoms with van der Waals surface area (Å²) in [5.74, 6) is -0.416. The Morgan fingerprint density at radius 2 is 2.21 bits per heavy atom. The Kier molecular flexibility index (Phi) is 4.82. The van der Waals surface area contributed by atoms with Gasteiger partial charge in [-0.3, -0.25) is 9.59 Å². The fourth-order valence-corrected chi connectivity index (χ4v) is 2.58. The quantitative estimate of drug-likeness (QED) is 0.865. The lowest BCUT2D eigenvalue weighted by Crippen LogP contribution is -2.45. The van der Waals surface area contributed by atoms with E-state index in [-0.39, 0.29) is 11.8 Å². The molecule has 2 amide bonds. The van der Waals surface area contributed by atoms with Gasteiger partial charge in [0.05, 0.1) is 5.56 Å². The SMILES string of the molecule is O=C(NC1CCCCNC1=O)c1cc(Cl)ccc1Br. The van der Waals surface area contributed by atoms with Crippen LogP contribution in [0, 0.1) is 0 Å². The highest BCUT2D eigenvalue weighted by molar-refractivity contribution is 9.10. The van der Waals surface area contributed by atoms with Gasteiger partial charge >= 0.3 is 0 Å². The molecule has 2 rings (SSSR count). The van der Waals surface area contributed by atoms with Crippen LogP contribution in [0.3, 0.4) is 0 Å². The zero-order chi connectivity index (χ0) is 13.8. The number of amides is 2. The number of halogens is 2. The Hall–Kier alpha value is -1.07. The molecule has 1 aliphatic rings. The third-order valence-electron chi connectivity index (χ3n) is 3.01. The maximum atomic E-state index is 12.2. The van der Waals surface area contributed by atoms with Crippen molar-refractivity contribution in [3.8, 4) is 0 Å². The summed E-state index contributed by atoms with van der Waals surface area (Å²) in [6.45, 7) is 0.673. The summed E-state index contributed by atoms with van der Waals surface area (Å²) in [5, 5.41) is 6.02. The van der Waals surface area contributed by atoms with Crippen molar-refractivity contribution in [1.29, 1.82) is 0 Å². The summed E-state index contributed by atoms with van der Waals surface area (Å²) in [4.78, 5) is 23.9. The summed E-state index contributed by atoms with van der Waals surface area (Å²) in [6.07, 6.45) is 2.52. The van der Waals surface area contributed by atoms with E-state index >= 15 is 0 Å². The standard InChI is InChI=1S/C13H14BrClN2O2/c14-10-5-4-8(15)7-9(10)12(18)17-11-3-1-2-6-16-13(11)19/h4-5,7,11H,1-3,6H2,(H,16,19)(H,17,18). The van der Waals surface area contributed by atoms with Crippen LogP contribution in [0.5, 0.6) is 0 Å². The molecule has 4 nitrogen and oxygen atoms in total. The van der Waals surface area contributed by atoms with E-state index < -0.39 is 6.04 Å². The fourth-order valence-electron chi connectivity index (χ4n) is 1.98. The van der Waals surface area contributed by atoms with Gasteiger partial charge in [-0.25, -0.2) is 0 Å². The maximum Gasteiger partial charge on any atom is 0.253 e. The lowest BCUT2D eigenvalue weighted by Gasteiger charge is -2.15. The fraction of sp³-hybridized carbons (Fsp3) is 0.385. The van der Waals surface area contributed by atoms with E-state index in [9.17, 15) is 9.59 Å². The first-order valence-electron chi connectivity index (χ1n) is 6.11. The summed E-state index contributed by atoms with van der Waals surface area (Å²) in [7, 11) is 0. The maximum absolute atomic E-state index is 12.2. The predicted molar refractivity (Wildman–Crippen MR) is 77.3 cm³/mol. The number of carbonyl (C=O) groups excluding carboxylic acids is 2. The van der Waals surface area contributed by atoms with Crippen LogP contribution < -0.4 is 10.6 Å². The van der Waals surface area contributed by atoms with Gasteiger partial charge in [0.1, 0.15) is 6.04 Å². The Labute approximate surface area is 125 Å². The molecule has 1 heterocycles. The second-order valence-corrected chi connectivity index (χ2v) is 5.73. The lowest BCUT2D eigenvalue weighted by atomic mass is 10.1. The molecule has 0 aliphatic carbocycles. The van der Waals surface area contributed by atoms with Gasteiger partial charge in [0.15, 0.2) is 0 Å². The number of carbonyl (C=O) groups is 2. The first kappa shape index (κ1) is 14.3. The van der Waals surface area contributed by atoms with Crippen LogP contribution in [0.25, 0.3) is 0 Å². The molecular formula is C13H14BrClN2O2. The molecule has 0 spiro atoms. The average Bonchev–Trinajstić information content (AvgIpc) is 2.58. The Balaban J connectivity index is 2.11. The second kappa shape index (κ2) is 6.39. The van der Waals surface area contributed by atoms with Gasteiger partial charge in [0.2, 0.25) is 5.91 Å². The van der Waals surface area contributed by atoms with Gasteiger partial charge in [-0.15, -0.1) is 0 Å². The molecule has 1 saturated heterocycles. The molecule has 0 radical (unpaired) electrons. The highest BCUT2D eigenvalue weighted by Gasteiger charge is 2.23. The predicted octanol–water partition coefficient (Wildman–Crippen LogP) is 2.50. The molecule has 1 aromatic rings. The van der Waals surface area contributed by atoms with Crippen molar-refractivity contribution in [3.63, 3.8) is 0 Å². The molecular weight excluding hydrogens is 332 g/mol. The van der Waals surface area contributed by atoms with Crippen molar-refractivity contribution < 1.29 is 9.59 Å². The van der Waals surface area contributed by atoms with Crippen LogP contribution in [-0.4, -0.2) is 24.4 Å². The van der Waals surface area contributed by atoms with Crippen molar-refractivity contribution in [2.24, 2.45) is 0 Å². The van der Waals surface area contributed by atoms with Gasteiger partial charge in [-0.1, -0.05) is 11.6 Å². The van der Waals surface area contributed by atoms with E-state index in [0.29, 0.717) is 28.0 Å². The molecule has 6 heteroatoms. The van der Waals surface area contributed by atoms with Gasteiger partial charge in [-0.2, -0.15) is 0 Å². The zero-order valence-corrected chi connectivity index (χ0v) is 12.6. The topological polar surface area (TPSA) is 58.2 Å². The van der Waals surface area contributed by atoms with E-state index in [1.165, 1.54) is 0 Å². The normalized spacial score (nSPS) is 19.5. The number of hydrogen-bond donors (Lipinski definition) is 2. The zero-order valence-electron chi connectivity index (χ0n) is 10.2. The van der Waals surface area contributed by atoms with E-state index in [0.717, 1.165) is 12.8 Å². The van der Waals surface area contributed by atoms with E-state index in [2.05, 4.69) is 26.6 Å². The molecule has 1 unspecified atom stereocenters. The summed E-state index contributed by atoms with van der Waals surface area (Å²) in [6, 6.07) is 4.52. The molecule has 1 aliphatic heterocycles. The van der Waals surface area contributed by atoms with Gasteiger partial charge < -0.3 is 10.6 Å². The summed E-state index contributed by atoms with van der Waals surface area (Å²) in [5.41, 5.74) is 0.435. The molecule has 0 bridgehead atoms. The Morgan fingerprint density at radius 3 is 3.00 bits per heavy atom. The van der Waals surface area contributed by atoms with Crippen LogP contribution in [0.1, 0.15) is 29.6 Å². The van der Waals surface area contributed by atoms with Crippen LogP contribution in [0.2, 0.25) is 5.02 Å². The molecule has 1 aromatic carbocycles. The van der Waals surface area contributed by atoms with Crippen molar-refractivity contribution in [2.45, 2.75) is 25.3 Å². The lowest BCUT2D eigenvalue weighted by molar-refractivity contribution is -0.122. The van der Waals surface area contributed by atoms with Crippen LogP contribution in [-0.2, 0) is 4.79 Å². The largest absolute Gasteiger partial charge is 0.354 e. The molecule has 1 fully saturated rings. The minimum atomic E-state index is -0.471. The minimum Gasteiger partial charge on any atom is -0.354 e. The smallest absolute Gasteiger partial charge is 0.253 e. The molecule has 0 aromatic heterocycles. The minimum absolute atomic E-state index is 0.121. The highest BCUT2D eigenvalue weighted by atomic mass is 79.9. The van der Waals surface area contributed by atoms with E-state index in [4.69, 9.17) is 11.6 Å². The summed E-state index contributed by atoms with van der Waals surface area (Å²) < 4.78 is 0.656. The second-order valence-electron chi connectivity index (χ2n) is 4.44. The van der Waals surface area contributed by atoms with Crippen LogP contribution >= 0.6 is 27.5 Å². The van der Waals surface area contributed by atoms with E-state index in [1.807, 2.05) is 0 Å². The Morgan fingerprint density at radius 1 is 1.42 bits per heavy atom. The van der Waals surface area contributed by atoms with Gasteiger partial charge in [0, 0.05) is 16.0 Å². The molecule has 1 atom stereocenters. The average molecular weight is 346 g/mol. The number of benzene rings is 1. The molecule has 2 N–H and O–H groups in total. The van der Waals surface area contributed by atoms with Crippen molar-refractivity contribution in [2.75, 3.05) is 6.54 Å². The third-order valence-corrected chi connectivity index (χ3v) is 3.94. The first-order valence-corrected chi connectivity index (χ1v) is 7.28. The van der Waals surface area contributed by atoms with Gasteiger partial charge in [0.25, 0.3) is 5.91 Å². The molecule has 0 saturated carbocycles. The van der Waals surface area contributed by atoms with Crippen LogP contribution in [0.15, 0.2) is 22.7 Å². The molecule has 19 heavy (non-hydrogen) atoms. The summed E-state index contributed by atoms with van der Waals surface area (Å²) >= 11 is 9.18. The number of rotatable bonds is 2.